The van der Waals surface area contributed by atoms with Gasteiger partial charge in [-0.05, 0) is 17.2 Å². The molecule has 0 spiro atoms. The summed E-state index contributed by atoms with van der Waals surface area (Å²) in [6, 6.07) is 18.5. The fraction of sp³-hybridized carbons (Fsp3) is 0.158. The maximum atomic E-state index is 4.29. The summed E-state index contributed by atoms with van der Waals surface area (Å²) in [6.45, 7) is 1.42. The molecule has 1 aromatic heterocycles. The van der Waals surface area contributed by atoms with Crippen LogP contribution < -0.4 is 10.6 Å². The molecule has 3 aromatic rings. The van der Waals surface area contributed by atoms with Gasteiger partial charge in [-0.15, -0.1) is 0 Å². The number of aliphatic imine (C=N–C) groups is 1. The van der Waals surface area contributed by atoms with E-state index in [1.165, 1.54) is 11.1 Å². The summed E-state index contributed by atoms with van der Waals surface area (Å²) in [7, 11) is 1.78. The number of imidazole rings is 1. The number of rotatable bonds is 5. The van der Waals surface area contributed by atoms with E-state index in [-0.39, 0.29) is 0 Å². The molecule has 0 saturated heterocycles. The van der Waals surface area contributed by atoms with E-state index in [1.807, 2.05) is 41.1 Å². The van der Waals surface area contributed by atoms with Crippen molar-refractivity contribution < 1.29 is 0 Å². The van der Waals surface area contributed by atoms with Crippen molar-refractivity contribution in [1.82, 2.24) is 20.2 Å². The topological polar surface area (TPSA) is 54.2 Å². The smallest absolute Gasteiger partial charge is 0.191 e. The maximum absolute atomic E-state index is 4.29. The van der Waals surface area contributed by atoms with E-state index in [0.29, 0.717) is 6.54 Å². The van der Waals surface area contributed by atoms with Crippen molar-refractivity contribution >= 4 is 5.96 Å². The van der Waals surface area contributed by atoms with Crippen LogP contribution in [0.5, 0.6) is 0 Å². The lowest BCUT2D eigenvalue weighted by molar-refractivity contribution is 0.804. The summed E-state index contributed by atoms with van der Waals surface area (Å²) in [4.78, 5) is 8.41. The highest BCUT2D eigenvalue weighted by Crippen LogP contribution is 2.13. The van der Waals surface area contributed by atoms with Gasteiger partial charge in [0.1, 0.15) is 0 Å². The van der Waals surface area contributed by atoms with Gasteiger partial charge in [0.2, 0.25) is 0 Å². The fourth-order valence-electron chi connectivity index (χ4n) is 2.50. The Labute approximate surface area is 142 Å². The SMILES string of the molecule is CN=C(NCc1ccccc1)NCc1ccccc1-n1ccnc1. The molecule has 0 radical (unpaired) electrons. The van der Waals surface area contributed by atoms with Crippen molar-refractivity contribution in [3.63, 3.8) is 0 Å². The summed E-state index contributed by atoms with van der Waals surface area (Å²) in [5.74, 6) is 0.777. The van der Waals surface area contributed by atoms with Gasteiger partial charge in [-0.3, -0.25) is 4.99 Å². The molecule has 2 aromatic carbocycles. The highest BCUT2D eigenvalue weighted by atomic mass is 15.2. The van der Waals surface area contributed by atoms with Crippen molar-refractivity contribution in [1.29, 1.82) is 0 Å². The van der Waals surface area contributed by atoms with Crippen LogP contribution in [0.1, 0.15) is 11.1 Å². The standard InChI is InChI=1S/C19H21N5/c1-20-19(22-13-16-7-3-2-4-8-16)23-14-17-9-5-6-10-18(17)24-12-11-21-15-24/h2-12,15H,13-14H2,1H3,(H2,20,22,23). The average Bonchev–Trinajstić information content (AvgIpc) is 3.17. The Morgan fingerprint density at radius 2 is 1.75 bits per heavy atom. The van der Waals surface area contributed by atoms with E-state index in [9.17, 15) is 0 Å². The first kappa shape index (κ1) is 15.8. The van der Waals surface area contributed by atoms with Crippen LogP contribution in [0.15, 0.2) is 78.3 Å². The Kier molecular flexibility index (Phi) is 5.24. The third kappa shape index (κ3) is 4.01. The first-order valence-electron chi connectivity index (χ1n) is 7.91. The zero-order chi connectivity index (χ0) is 16.6. The van der Waals surface area contributed by atoms with E-state index in [1.54, 1.807) is 19.6 Å². The van der Waals surface area contributed by atoms with Crippen LogP contribution in [0, 0.1) is 0 Å². The largest absolute Gasteiger partial charge is 0.352 e. The minimum absolute atomic E-state index is 0.683. The molecular weight excluding hydrogens is 298 g/mol. The van der Waals surface area contributed by atoms with Gasteiger partial charge in [-0.25, -0.2) is 4.98 Å². The Bertz CT molecular complexity index is 779. The third-order valence-corrected chi connectivity index (χ3v) is 3.75. The quantitative estimate of drug-likeness (QED) is 0.561. The van der Waals surface area contributed by atoms with Gasteiger partial charge in [0, 0.05) is 32.5 Å². The zero-order valence-corrected chi connectivity index (χ0v) is 13.7. The van der Waals surface area contributed by atoms with Crippen LogP contribution in [0.3, 0.4) is 0 Å². The third-order valence-electron chi connectivity index (χ3n) is 3.75. The molecule has 0 bridgehead atoms. The van der Waals surface area contributed by atoms with Gasteiger partial charge < -0.3 is 15.2 Å². The molecule has 0 atom stereocenters. The lowest BCUT2D eigenvalue weighted by Gasteiger charge is -2.14. The Morgan fingerprint density at radius 3 is 2.50 bits per heavy atom. The Morgan fingerprint density at radius 1 is 1.00 bits per heavy atom. The summed E-state index contributed by atoms with van der Waals surface area (Å²) in [5.41, 5.74) is 3.51. The molecule has 0 aliphatic heterocycles. The van der Waals surface area contributed by atoms with Gasteiger partial charge in [0.25, 0.3) is 0 Å². The number of guanidine groups is 1. The van der Waals surface area contributed by atoms with Crippen LogP contribution in [0.4, 0.5) is 0 Å². The van der Waals surface area contributed by atoms with Crippen molar-refractivity contribution in [2.45, 2.75) is 13.1 Å². The van der Waals surface area contributed by atoms with Gasteiger partial charge >= 0.3 is 0 Å². The molecule has 0 unspecified atom stereocenters. The van der Waals surface area contributed by atoms with E-state index >= 15 is 0 Å². The second kappa shape index (κ2) is 7.97. The molecule has 3 rings (SSSR count). The molecule has 0 amide bonds. The first-order chi connectivity index (χ1) is 11.9. The first-order valence-corrected chi connectivity index (χ1v) is 7.91. The Balaban J connectivity index is 1.62. The van der Waals surface area contributed by atoms with Crippen LogP contribution in [-0.4, -0.2) is 22.6 Å². The van der Waals surface area contributed by atoms with Crippen molar-refractivity contribution in [3.05, 3.63) is 84.4 Å². The molecule has 0 saturated carbocycles. The number of benzene rings is 2. The van der Waals surface area contributed by atoms with Crippen molar-refractivity contribution in [2.75, 3.05) is 7.05 Å². The van der Waals surface area contributed by atoms with Crippen molar-refractivity contribution in [3.8, 4) is 5.69 Å². The van der Waals surface area contributed by atoms with E-state index in [0.717, 1.165) is 18.2 Å². The lowest BCUT2D eigenvalue weighted by atomic mass is 10.1. The Hall–Kier alpha value is -3.08. The molecule has 0 fully saturated rings. The van der Waals surface area contributed by atoms with Crippen LogP contribution in [-0.2, 0) is 13.1 Å². The molecule has 2 N–H and O–H groups in total. The highest BCUT2D eigenvalue weighted by molar-refractivity contribution is 5.79. The molecule has 122 valence electrons. The summed E-state index contributed by atoms with van der Waals surface area (Å²) in [5, 5.41) is 6.69. The van der Waals surface area contributed by atoms with Gasteiger partial charge in [-0.2, -0.15) is 0 Å². The molecule has 1 heterocycles. The second-order valence-electron chi connectivity index (χ2n) is 5.36. The van der Waals surface area contributed by atoms with Crippen LogP contribution in [0.25, 0.3) is 5.69 Å². The molecule has 5 heteroatoms. The zero-order valence-electron chi connectivity index (χ0n) is 13.7. The number of para-hydroxylation sites is 1. The van der Waals surface area contributed by atoms with Crippen molar-refractivity contribution in [2.24, 2.45) is 4.99 Å². The van der Waals surface area contributed by atoms with E-state index in [2.05, 4.69) is 44.9 Å². The highest BCUT2D eigenvalue weighted by Gasteiger charge is 2.05. The minimum atomic E-state index is 0.683. The normalized spacial score (nSPS) is 11.3. The van der Waals surface area contributed by atoms with Crippen LogP contribution >= 0.6 is 0 Å². The minimum Gasteiger partial charge on any atom is -0.352 e. The molecular formula is C19H21N5. The number of nitrogens with one attached hydrogen (secondary N) is 2. The van der Waals surface area contributed by atoms with Gasteiger partial charge in [-0.1, -0.05) is 48.5 Å². The monoisotopic (exact) mass is 319 g/mol. The van der Waals surface area contributed by atoms with Gasteiger partial charge in [0.15, 0.2) is 5.96 Å². The number of hydrogen-bond acceptors (Lipinski definition) is 2. The molecule has 0 aliphatic carbocycles. The van der Waals surface area contributed by atoms with E-state index < -0.39 is 0 Å². The average molecular weight is 319 g/mol. The number of aromatic nitrogens is 2. The van der Waals surface area contributed by atoms with E-state index in [4.69, 9.17) is 0 Å². The molecule has 0 aliphatic rings. The fourth-order valence-corrected chi connectivity index (χ4v) is 2.50. The second-order valence-corrected chi connectivity index (χ2v) is 5.36. The maximum Gasteiger partial charge on any atom is 0.191 e. The predicted octanol–water partition coefficient (Wildman–Crippen LogP) is 2.74. The molecule has 24 heavy (non-hydrogen) atoms. The van der Waals surface area contributed by atoms with Crippen LogP contribution in [0.2, 0.25) is 0 Å². The molecule has 5 nitrogen and oxygen atoms in total. The summed E-state index contributed by atoms with van der Waals surface area (Å²) >= 11 is 0. The number of nitrogens with zero attached hydrogens (tertiary/aromatic N) is 3. The lowest BCUT2D eigenvalue weighted by Crippen LogP contribution is -2.36. The number of hydrogen-bond donors (Lipinski definition) is 2. The van der Waals surface area contributed by atoms with Gasteiger partial charge in [0.05, 0.1) is 12.0 Å². The predicted molar refractivity (Wildman–Crippen MR) is 97.0 cm³/mol. The summed E-state index contributed by atoms with van der Waals surface area (Å²) < 4.78 is 2.01. The summed E-state index contributed by atoms with van der Waals surface area (Å²) in [6.07, 6.45) is 5.53.